The fraction of sp³-hybridized carbons (Fsp3) is 0.667. The second-order valence-corrected chi connectivity index (χ2v) is 3.96. The second kappa shape index (κ2) is 5.43. The maximum absolute atomic E-state index is 10.8. The molecule has 0 amide bonds. The number of hydrogen-bond donors (Lipinski definition) is 0. The topological polar surface area (TPSA) is 43.4 Å². The zero-order valence-electron chi connectivity index (χ0n) is 6.29. The van der Waals surface area contributed by atoms with Crippen molar-refractivity contribution in [3.8, 4) is 0 Å². The van der Waals surface area contributed by atoms with Crippen LogP contribution in [0.1, 0.15) is 13.3 Å². The number of hydrogen-bond acceptors (Lipinski definition) is 3. The zero-order valence-corrected chi connectivity index (χ0v) is 7.86. The van der Waals surface area contributed by atoms with Crippen LogP contribution in [0.4, 0.5) is 0 Å². The van der Waals surface area contributed by atoms with Crippen LogP contribution in [0.15, 0.2) is 12.3 Å². The molecule has 3 nitrogen and oxygen atoms in total. The van der Waals surface area contributed by atoms with E-state index >= 15 is 0 Å². The van der Waals surface area contributed by atoms with Gasteiger partial charge < -0.3 is 4.18 Å². The van der Waals surface area contributed by atoms with Crippen molar-refractivity contribution in [2.45, 2.75) is 13.3 Å². The predicted octanol–water partition coefficient (Wildman–Crippen LogP) is 1.50. The molecule has 0 aromatic heterocycles. The molecule has 0 rings (SSSR count). The van der Waals surface area contributed by atoms with Crippen molar-refractivity contribution in [2.24, 2.45) is 0 Å². The Labute approximate surface area is 72.1 Å². The van der Waals surface area contributed by atoms with Gasteiger partial charge in [0.15, 0.2) is 0 Å². The molecule has 0 aromatic carbocycles. The molecule has 0 atom stereocenters. The largest absolute Gasteiger partial charge is 0.391 e. The Bertz CT molecular complexity index is 208. The highest BCUT2D eigenvalue weighted by atomic mass is 35.5. The molecule has 0 aliphatic rings. The minimum absolute atomic E-state index is 0.0269. The van der Waals surface area contributed by atoms with E-state index in [-0.39, 0.29) is 5.75 Å². The number of alkyl halides is 1. The van der Waals surface area contributed by atoms with Crippen molar-refractivity contribution in [2.75, 3.05) is 11.6 Å². The molecule has 5 heteroatoms. The van der Waals surface area contributed by atoms with Crippen molar-refractivity contribution >= 4 is 21.7 Å². The van der Waals surface area contributed by atoms with Crippen molar-refractivity contribution in [3.63, 3.8) is 0 Å². The molecule has 0 spiro atoms. The average Bonchev–Trinajstić information content (AvgIpc) is 1.97. The molecule has 0 fully saturated rings. The van der Waals surface area contributed by atoms with Crippen molar-refractivity contribution in [1.82, 2.24) is 0 Å². The summed E-state index contributed by atoms with van der Waals surface area (Å²) in [6.07, 6.45) is 3.07. The molecular weight excluding hydrogens is 188 g/mol. The summed E-state index contributed by atoms with van der Waals surface area (Å²) in [6.45, 7) is 1.68. The van der Waals surface area contributed by atoms with E-state index in [4.69, 9.17) is 11.6 Å². The first-order valence-electron chi connectivity index (χ1n) is 3.20. The molecule has 0 aromatic rings. The van der Waals surface area contributed by atoms with Crippen LogP contribution in [-0.4, -0.2) is 20.1 Å². The third-order valence-corrected chi connectivity index (χ3v) is 2.33. The van der Waals surface area contributed by atoms with Gasteiger partial charge >= 0.3 is 10.1 Å². The van der Waals surface area contributed by atoms with Gasteiger partial charge in [0, 0.05) is 5.88 Å². The van der Waals surface area contributed by atoms with Crippen LogP contribution in [-0.2, 0) is 14.3 Å². The van der Waals surface area contributed by atoms with Gasteiger partial charge in [-0.15, -0.1) is 11.6 Å². The second-order valence-electron chi connectivity index (χ2n) is 1.87. The third-order valence-electron chi connectivity index (χ3n) is 0.866. The SMILES string of the molecule is C/C=C/OS(=O)(=O)CCCCl. The van der Waals surface area contributed by atoms with Crippen molar-refractivity contribution in [1.29, 1.82) is 0 Å². The summed E-state index contributed by atoms with van der Waals surface area (Å²) in [5.41, 5.74) is 0. The van der Waals surface area contributed by atoms with Crippen LogP contribution >= 0.6 is 11.6 Å². The first-order chi connectivity index (χ1) is 5.12. The van der Waals surface area contributed by atoms with Crippen LogP contribution in [0, 0.1) is 0 Å². The Kier molecular flexibility index (Phi) is 5.32. The lowest BCUT2D eigenvalue weighted by atomic mass is 10.6. The fourth-order valence-electron chi connectivity index (χ4n) is 0.420. The fourth-order valence-corrected chi connectivity index (χ4v) is 1.59. The highest BCUT2D eigenvalue weighted by Gasteiger charge is 2.07. The van der Waals surface area contributed by atoms with E-state index in [1.54, 1.807) is 6.92 Å². The van der Waals surface area contributed by atoms with Gasteiger partial charge in [0.25, 0.3) is 0 Å². The van der Waals surface area contributed by atoms with E-state index in [1.165, 1.54) is 6.08 Å². The van der Waals surface area contributed by atoms with Crippen molar-refractivity contribution in [3.05, 3.63) is 12.3 Å². The van der Waals surface area contributed by atoms with Gasteiger partial charge in [0.1, 0.15) is 6.26 Å². The summed E-state index contributed by atoms with van der Waals surface area (Å²) in [7, 11) is -3.38. The summed E-state index contributed by atoms with van der Waals surface area (Å²) in [5.74, 6) is 0.305. The Morgan fingerprint density at radius 3 is 2.64 bits per heavy atom. The maximum Gasteiger partial charge on any atom is 0.308 e. The first-order valence-corrected chi connectivity index (χ1v) is 5.31. The number of halogens is 1. The molecular formula is C6H11ClO3S. The van der Waals surface area contributed by atoms with Crippen LogP contribution in [0.3, 0.4) is 0 Å². The van der Waals surface area contributed by atoms with Crippen molar-refractivity contribution < 1.29 is 12.6 Å². The molecule has 0 aliphatic carbocycles. The first kappa shape index (κ1) is 10.8. The Balaban J connectivity index is 3.82. The van der Waals surface area contributed by atoms with Gasteiger partial charge in [-0.05, 0) is 13.3 Å². The molecule has 0 radical (unpaired) electrons. The van der Waals surface area contributed by atoms with E-state index < -0.39 is 10.1 Å². The molecule has 0 unspecified atom stereocenters. The summed E-state index contributed by atoms with van der Waals surface area (Å²) >= 11 is 5.30. The molecule has 11 heavy (non-hydrogen) atoms. The number of allylic oxidation sites excluding steroid dienone is 1. The quantitative estimate of drug-likeness (QED) is 0.382. The highest BCUT2D eigenvalue weighted by molar-refractivity contribution is 7.86. The monoisotopic (exact) mass is 198 g/mol. The smallest absolute Gasteiger partial charge is 0.308 e. The minimum atomic E-state index is -3.38. The molecule has 0 heterocycles. The van der Waals surface area contributed by atoms with E-state index in [9.17, 15) is 8.42 Å². The summed E-state index contributed by atoms with van der Waals surface area (Å²) in [6, 6.07) is 0. The predicted molar refractivity (Wildman–Crippen MR) is 45.0 cm³/mol. The van der Waals surface area contributed by atoms with Gasteiger partial charge in [-0.2, -0.15) is 8.42 Å². The average molecular weight is 199 g/mol. The summed E-state index contributed by atoms with van der Waals surface area (Å²) in [4.78, 5) is 0. The lowest BCUT2D eigenvalue weighted by Crippen LogP contribution is -2.07. The zero-order chi connectivity index (χ0) is 8.74. The Morgan fingerprint density at radius 1 is 1.55 bits per heavy atom. The van der Waals surface area contributed by atoms with Gasteiger partial charge in [-0.25, -0.2) is 0 Å². The van der Waals surface area contributed by atoms with Crippen LogP contribution in [0.25, 0.3) is 0 Å². The van der Waals surface area contributed by atoms with Crippen LogP contribution in [0.5, 0.6) is 0 Å². The molecule has 0 saturated heterocycles. The number of rotatable bonds is 5. The van der Waals surface area contributed by atoms with Crippen LogP contribution in [0.2, 0.25) is 0 Å². The van der Waals surface area contributed by atoms with E-state index in [1.807, 2.05) is 0 Å². The van der Waals surface area contributed by atoms with E-state index in [0.717, 1.165) is 6.26 Å². The maximum atomic E-state index is 10.8. The third kappa shape index (κ3) is 6.19. The standard InChI is InChI=1S/C6H11ClO3S/c1-2-5-10-11(8,9)6-3-4-7/h2,5H,3-4,6H2,1H3/b5-2+. The lowest BCUT2D eigenvalue weighted by Gasteiger charge is -1.99. The minimum Gasteiger partial charge on any atom is -0.391 e. The molecule has 0 saturated carbocycles. The molecule has 0 N–H and O–H groups in total. The van der Waals surface area contributed by atoms with E-state index in [2.05, 4.69) is 4.18 Å². The summed E-state index contributed by atoms with van der Waals surface area (Å²) < 4.78 is 26.0. The van der Waals surface area contributed by atoms with Crippen LogP contribution < -0.4 is 0 Å². The van der Waals surface area contributed by atoms with Gasteiger partial charge in [-0.1, -0.05) is 6.08 Å². The lowest BCUT2D eigenvalue weighted by molar-refractivity contribution is 0.442. The molecule has 0 aliphatic heterocycles. The van der Waals surface area contributed by atoms with E-state index in [0.29, 0.717) is 12.3 Å². The highest BCUT2D eigenvalue weighted by Crippen LogP contribution is 1.98. The van der Waals surface area contributed by atoms with Gasteiger partial charge in [0.05, 0.1) is 5.75 Å². The van der Waals surface area contributed by atoms with Gasteiger partial charge in [0.2, 0.25) is 0 Å². The van der Waals surface area contributed by atoms with Gasteiger partial charge in [-0.3, -0.25) is 0 Å². The Hall–Kier alpha value is -0.220. The molecule has 66 valence electrons. The molecule has 0 bridgehead atoms. The normalized spacial score (nSPS) is 12.2. The Morgan fingerprint density at radius 2 is 2.18 bits per heavy atom. The summed E-state index contributed by atoms with van der Waals surface area (Å²) in [5, 5.41) is 0.